The largest absolute Gasteiger partial charge is 0.333 e. The summed E-state index contributed by atoms with van der Waals surface area (Å²) in [6, 6.07) is 4.04. The maximum absolute atomic E-state index is 13.9. The number of hydrogen-bond acceptors (Lipinski definition) is 3. The molecule has 5 nitrogen and oxygen atoms in total. The summed E-state index contributed by atoms with van der Waals surface area (Å²) < 4.78 is 13.9. The fourth-order valence-electron chi connectivity index (χ4n) is 2.27. The number of nitrogens with one attached hydrogen (secondary N) is 2. The zero-order valence-electron chi connectivity index (χ0n) is 11.6. The van der Waals surface area contributed by atoms with Gasteiger partial charge in [-0.3, -0.25) is 9.59 Å². The second-order valence-corrected chi connectivity index (χ2v) is 4.93. The first-order chi connectivity index (χ1) is 9.49. The average molecular weight is 279 g/mol. The molecule has 1 aromatic rings. The lowest BCUT2D eigenvalue weighted by molar-refractivity contribution is -0.114. The Balaban J connectivity index is 2.26. The fraction of sp³-hybridized carbons (Fsp3) is 0.429. The minimum absolute atomic E-state index is 0.00926. The number of piperazine rings is 1. The van der Waals surface area contributed by atoms with Gasteiger partial charge in [0.1, 0.15) is 5.82 Å². The summed E-state index contributed by atoms with van der Waals surface area (Å²) in [7, 11) is 0. The fourth-order valence-corrected chi connectivity index (χ4v) is 2.27. The molecule has 2 rings (SSSR count). The molecule has 2 amide bonds. The van der Waals surface area contributed by atoms with Crippen molar-refractivity contribution in [3.8, 4) is 0 Å². The standard InChI is InChI=1S/C14H18FN3O2/c1-9-8-16-5-6-18(9)14(20)12-7-11(17-10(2)19)3-4-13(12)15/h3-4,7,9,16H,5-6,8H2,1-2H3,(H,17,19). The third-order valence-electron chi connectivity index (χ3n) is 3.28. The van der Waals surface area contributed by atoms with Gasteiger partial charge in [-0.05, 0) is 25.1 Å². The molecule has 0 saturated carbocycles. The topological polar surface area (TPSA) is 61.4 Å². The van der Waals surface area contributed by atoms with Gasteiger partial charge in [-0.15, -0.1) is 0 Å². The summed E-state index contributed by atoms with van der Waals surface area (Å²) in [5.74, 6) is -1.18. The predicted molar refractivity (Wildman–Crippen MR) is 74.1 cm³/mol. The van der Waals surface area contributed by atoms with Crippen LogP contribution in [0.5, 0.6) is 0 Å². The van der Waals surface area contributed by atoms with Crippen LogP contribution in [0.15, 0.2) is 18.2 Å². The van der Waals surface area contributed by atoms with Crippen LogP contribution in [0.4, 0.5) is 10.1 Å². The van der Waals surface area contributed by atoms with Crippen LogP contribution in [-0.2, 0) is 4.79 Å². The molecule has 6 heteroatoms. The first-order valence-corrected chi connectivity index (χ1v) is 6.58. The Labute approximate surface area is 117 Å². The average Bonchev–Trinajstić information content (AvgIpc) is 2.40. The van der Waals surface area contributed by atoms with Crippen LogP contribution in [-0.4, -0.2) is 42.4 Å². The molecule has 20 heavy (non-hydrogen) atoms. The number of halogens is 1. The number of nitrogens with zero attached hydrogens (tertiary/aromatic N) is 1. The summed E-state index contributed by atoms with van der Waals surface area (Å²) in [5, 5.41) is 5.73. The molecule has 108 valence electrons. The number of rotatable bonds is 2. The molecule has 1 aliphatic heterocycles. The molecule has 2 N–H and O–H groups in total. The van der Waals surface area contributed by atoms with Gasteiger partial charge in [0.25, 0.3) is 5.91 Å². The molecule has 0 aromatic heterocycles. The lowest BCUT2D eigenvalue weighted by Gasteiger charge is -2.34. The maximum Gasteiger partial charge on any atom is 0.257 e. The molecule has 0 bridgehead atoms. The molecule has 0 radical (unpaired) electrons. The molecular formula is C14H18FN3O2. The van der Waals surface area contributed by atoms with Crippen molar-refractivity contribution in [2.45, 2.75) is 19.9 Å². The van der Waals surface area contributed by atoms with Crippen molar-refractivity contribution in [2.75, 3.05) is 25.0 Å². The third-order valence-corrected chi connectivity index (χ3v) is 3.28. The molecular weight excluding hydrogens is 261 g/mol. The normalized spacial score (nSPS) is 18.8. The van der Waals surface area contributed by atoms with Crippen LogP contribution in [0.3, 0.4) is 0 Å². The van der Waals surface area contributed by atoms with E-state index in [9.17, 15) is 14.0 Å². The van der Waals surface area contributed by atoms with Crippen molar-refractivity contribution in [1.29, 1.82) is 0 Å². The zero-order chi connectivity index (χ0) is 14.7. The van der Waals surface area contributed by atoms with E-state index >= 15 is 0 Å². The van der Waals surface area contributed by atoms with Crippen molar-refractivity contribution >= 4 is 17.5 Å². The Hall–Kier alpha value is -1.95. The number of carbonyl (C=O) groups excluding carboxylic acids is 2. The maximum atomic E-state index is 13.9. The Bertz CT molecular complexity index is 533. The highest BCUT2D eigenvalue weighted by Gasteiger charge is 2.26. The van der Waals surface area contributed by atoms with Gasteiger partial charge in [-0.1, -0.05) is 0 Å². The van der Waals surface area contributed by atoms with Crippen molar-refractivity contribution in [3.63, 3.8) is 0 Å². The monoisotopic (exact) mass is 279 g/mol. The highest BCUT2D eigenvalue weighted by atomic mass is 19.1. The van der Waals surface area contributed by atoms with Crippen molar-refractivity contribution in [1.82, 2.24) is 10.2 Å². The third kappa shape index (κ3) is 3.14. The first kappa shape index (κ1) is 14.5. The van der Waals surface area contributed by atoms with E-state index in [-0.39, 0.29) is 23.4 Å². The lowest BCUT2D eigenvalue weighted by atomic mass is 10.1. The van der Waals surface area contributed by atoms with E-state index in [0.717, 1.165) is 0 Å². The van der Waals surface area contributed by atoms with Gasteiger partial charge >= 0.3 is 0 Å². The molecule has 1 aromatic carbocycles. The molecule has 1 atom stereocenters. The van der Waals surface area contributed by atoms with Crippen LogP contribution in [0.1, 0.15) is 24.2 Å². The summed E-state index contributed by atoms with van der Waals surface area (Å²) in [4.78, 5) is 25.1. The molecule has 1 saturated heterocycles. The van der Waals surface area contributed by atoms with Crippen molar-refractivity contribution in [3.05, 3.63) is 29.6 Å². The van der Waals surface area contributed by atoms with E-state index in [1.807, 2.05) is 6.92 Å². The number of carbonyl (C=O) groups is 2. The van der Waals surface area contributed by atoms with E-state index in [0.29, 0.717) is 25.3 Å². The quantitative estimate of drug-likeness (QED) is 0.855. The number of amides is 2. The van der Waals surface area contributed by atoms with E-state index in [4.69, 9.17) is 0 Å². The molecule has 1 heterocycles. The van der Waals surface area contributed by atoms with Gasteiger partial charge in [0, 0.05) is 38.3 Å². The van der Waals surface area contributed by atoms with Crippen LogP contribution in [0, 0.1) is 5.82 Å². The zero-order valence-corrected chi connectivity index (χ0v) is 11.6. The van der Waals surface area contributed by atoms with E-state index in [1.165, 1.54) is 25.1 Å². The van der Waals surface area contributed by atoms with Gasteiger partial charge < -0.3 is 15.5 Å². The Morgan fingerprint density at radius 1 is 1.45 bits per heavy atom. The van der Waals surface area contributed by atoms with E-state index in [1.54, 1.807) is 4.90 Å². The number of benzene rings is 1. The second-order valence-electron chi connectivity index (χ2n) is 4.93. The summed E-state index contributed by atoms with van der Waals surface area (Å²) in [6.45, 7) is 5.22. The van der Waals surface area contributed by atoms with Gasteiger partial charge in [-0.2, -0.15) is 0 Å². The highest BCUT2D eigenvalue weighted by molar-refractivity contribution is 5.97. The van der Waals surface area contributed by atoms with E-state index in [2.05, 4.69) is 10.6 Å². The van der Waals surface area contributed by atoms with E-state index < -0.39 is 5.82 Å². The Kier molecular flexibility index (Phi) is 4.34. The summed E-state index contributed by atoms with van der Waals surface area (Å²) in [5.41, 5.74) is 0.412. The van der Waals surface area contributed by atoms with Gasteiger partial charge in [-0.25, -0.2) is 4.39 Å². The molecule has 1 aliphatic rings. The summed E-state index contributed by atoms with van der Waals surface area (Å²) >= 11 is 0. The lowest BCUT2D eigenvalue weighted by Crippen LogP contribution is -2.52. The van der Waals surface area contributed by atoms with Gasteiger partial charge in [0.15, 0.2) is 0 Å². The molecule has 1 fully saturated rings. The number of anilines is 1. The smallest absolute Gasteiger partial charge is 0.257 e. The predicted octanol–water partition coefficient (Wildman–Crippen LogP) is 1.22. The summed E-state index contributed by atoms with van der Waals surface area (Å²) in [6.07, 6.45) is 0. The van der Waals surface area contributed by atoms with Crippen LogP contribution >= 0.6 is 0 Å². The van der Waals surface area contributed by atoms with Crippen molar-refractivity contribution in [2.24, 2.45) is 0 Å². The minimum atomic E-state index is -0.574. The second kappa shape index (κ2) is 6.00. The first-order valence-electron chi connectivity index (χ1n) is 6.58. The van der Waals surface area contributed by atoms with Crippen LogP contribution < -0.4 is 10.6 Å². The Morgan fingerprint density at radius 3 is 2.85 bits per heavy atom. The molecule has 0 spiro atoms. The van der Waals surface area contributed by atoms with Gasteiger partial charge in [0.05, 0.1) is 5.56 Å². The Morgan fingerprint density at radius 2 is 2.20 bits per heavy atom. The highest BCUT2D eigenvalue weighted by Crippen LogP contribution is 2.18. The minimum Gasteiger partial charge on any atom is -0.333 e. The van der Waals surface area contributed by atoms with Crippen molar-refractivity contribution < 1.29 is 14.0 Å². The van der Waals surface area contributed by atoms with Gasteiger partial charge in [0.2, 0.25) is 5.91 Å². The number of hydrogen-bond donors (Lipinski definition) is 2. The molecule has 1 unspecified atom stereocenters. The van der Waals surface area contributed by atoms with Crippen LogP contribution in [0.2, 0.25) is 0 Å². The molecule has 0 aliphatic carbocycles. The SMILES string of the molecule is CC(=O)Nc1ccc(F)c(C(=O)N2CCNCC2C)c1. The van der Waals surface area contributed by atoms with Crippen LogP contribution in [0.25, 0.3) is 0 Å².